The van der Waals surface area contributed by atoms with E-state index in [4.69, 9.17) is 15.6 Å². The van der Waals surface area contributed by atoms with Gasteiger partial charge in [-0.15, -0.1) is 0 Å². The van der Waals surface area contributed by atoms with Gasteiger partial charge in [0.15, 0.2) is 11.5 Å². The van der Waals surface area contributed by atoms with Gasteiger partial charge in [0.1, 0.15) is 18.4 Å². The molecule has 0 bridgehead atoms. The lowest BCUT2D eigenvalue weighted by molar-refractivity contribution is -0.0293. The summed E-state index contributed by atoms with van der Waals surface area (Å²) >= 11 is 0. The van der Waals surface area contributed by atoms with Crippen LogP contribution in [0.3, 0.4) is 0 Å². The first-order chi connectivity index (χ1) is 9.11. The van der Waals surface area contributed by atoms with E-state index in [1.54, 1.807) is 4.57 Å². The average molecular weight is 266 g/mol. The molecule has 102 valence electrons. The van der Waals surface area contributed by atoms with Gasteiger partial charge in [0.05, 0.1) is 18.1 Å². The minimum atomic E-state index is -0.462. The minimum absolute atomic E-state index is 0.0420. The number of nitrogens with two attached hydrogens (primary N) is 1. The Labute approximate surface area is 109 Å². The predicted molar refractivity (Wildman–Crippen MR) is 66.7 cm³/mol. The Morgan fingerprint density at radius 2 is 2.37 bits per heavy atom. The Kier molecular flexibility index (Phi) is 2.87. The van der Waals surface area contributed by atoms with Crippen LogP contribution in [-0.2, 0) is 4.74 Å². The van der Waals surface area contributed by atoms with Crippen LogP contribution >= 0.6 is 0 Å². The highest BCUT2D eigenvalue weighted by atomic mass is 19.1. The van der Waals surface area contributed by atoms with E-state index in [9.17, 15) is 4.39 Å². The summed E-state index contributed by atoms with van der Waals surface area (Å²) in [4.78, 5) is 7.87. The molecule has 3 rings (SSSR count). The summed E-state index contributed by atoms with van der Waals surface area (Å²) in [6.07, 6.45) is 2.79. The largest absolute Gasteiger partial charge is 0.394 e. The van der Waals surface area contributed by atoms with Crippen LogP contribution in [-0.4, -0.2) is 32.4 Å². The van der Waals surface area contributed by atoms with Gasteiger partial charge < -0.3 is 20.1 Å². The van der Waals surface area contributed by atoms with E-state index in [2.05, 4.69) is 9.97 Å². The summed E-state index contributed by atoms with van der Waals surface area (Å²) in [6, 6.07) is 0. The van der Waals surface area contributed by atoms with E-state index in [-0.39, 0.29) is 36.1 Å². The zero-order valence-corrected chi connectivity index (χ0v) is 10.5. The molecule has 3 N–H and O–H groups in total. The molecule has 0 spiro atoms. The monoisotopic (exact) mass is 266 g/mol. The van der Waals surface area contributed by atoms with Crippen LogP contribution in [0.2, 0.25) is 0 Å². The van der Waals surface area contributed by atoms with Crippen molar-refractivity contribution in [1.82, 2.24) is 14.5 Å². The maximum Gasteiger partial charge on any atom is 0.154 e. The highest BCUT2D eigenvalue weighted by Crippen LogP contribution is 2.37. The van der Waals surface area contributed by atoms with E-state index in [1.807, 2.05) is 6.92 Å². The van der Waals surface area contributed by atoms with Crippen LogP contribution < -0.4 is 5.73 Å². The fourth-order valence-corrected chi connectivity index (χ4v) is 2.63. The topological polar surface area (TPSA) is 86.2 Å². The molecule has 6 nitrogen and oxygen atoms in total. The number of nitrogen functional groups attached to an aromatic ring is 1. The maximum absolute atomic E-state index is 13.9. The molecular weight excluding hydrogens is 251 g/mol. The molecule has 7 heteroatoms. The summed E-state index contributed by atoms with van der Waals surface area (Å²) in [5.74, 6) is -0.190. The molecule has 19 heavy (non-hydrogen) atoms. The molecule has 0 radical (unpaired) electrons. The van der Waals surface area contributed by atoms with Crippen molar-refractivity contribution < 1.29 is 14.2 Å². The van der Waals surface area contributed by atoms with Gasteiger partial charge in [-0.1, -0.05) is 6.92 Å². The van der Waals surface area contributed by atoms with Crippen molar-refractivity contribution >= 4 is 16.9 Å². The second kappa shape index (κ2) is 4.43. The maximum atomic E-state index is 13.9. The minimum Gasteiger partial charge on any atom is -0.394 e. The highest BCUT2D eigenvalue weighted by molar-refractivity contribution is 5.86. The fraction of sp³-hybridized carbons (Fsp3) is 0.500. The Morgan fingerprint density at radius 3 is 3.05 bits per heavy atom. The van der Waals surface area contributed by atoms with Crippen molar-refractivity contribution in [2.75, 3.05) is 12.3 Å². The Morgan fingerprint density at radius 1 is 1.58 bits per heavy atom. The van der Waals surface area contributed by atoms with E-state index in [0.29, 0.717) is 5.65 Å². The van der Waals surface area contributed by atoms with E-state index < -0.39 is 5.82 Å². The Hall–Kier alpha value is -1.73. The van der Waals surface area contributed by atoms with Gasteiger partial charge >= 0.3 is 0 Å². The Bertz CT molecular complexity index is 615. The molecule has 1 aliphatic rings. The van der Waals surface area contributed by atoms with E-state index >= 15 is 0 Å². The van der Waals surface area contributed by atoms with Crippen molar-refractivity contribution in [2.45, 2.75) is 25.7 Å². The average Bonchev–Trinajstić information content (AvgIpc) is 2.91. The second-order valence-electron chi connectivity index (χ2n) is 4.89. The standard InChI is InChI=1S/C12H15FN4O2/c1-6-2-7(4-18)19-12(6)17-3-8(13)9-10(14)15-5-16-11(9)17/h3,5-7,12,18H,2,4H2,1H3,(H2,14,15,16)/t6-,7?,12?/m0/s1. The molecule has 2 unspecified atom stereocenters. The molecule has 1 fully saturated rings. The zero-order valence-electron chi connectivity index (χ0n) is 10.5. The summed E-state index contributed by atoms with van der Waals surface area (Å²) < 4.78 is 21.3. The summed E-state index contributed by atoms with van der Waals surface area (Å²) in [5.41, 5.74) is 6.09. The summed E-state index contributed by atoms with van der Waals surface area (Å²) in [6.45, 7) is 1.95. The predicted octanol–water partition coefficient (Wildman–Crippen LogP) is 1.07. The number of hydrogen-bond acceptors (Lipinski definition) is 5. The molecule has 2 aromatic rings. The number of aromatic nitrogens is 3. The third-order valence-corrected chi connectivity index (χ3v) is 3.52. The van der Waals surface area contributed by atoms with E-state index in [1.165, 1.54) is 12.5 Å². The van der Waals surface area contributed by atoms with Gasteiger partial charge in [-0.25, -0.2) is 14.4 Å². The third kappa shape index (κ3) is 1.85. The van der Waals surface area contributed by atoms with Gasteiger partial charge in [-0.3, -0.25) is 0 Å². The molecular formula is C12H15FN4O2. The van der Waals surface area contributed by atoms with Crippen molar-refractivity contribution in [3.05, 3.63) is 18.3 Å². The molecule has 0 amide bonds. The number of fused-ring (bicyclic) bond motifs is 1. The van der Waals surface area contributed by atoms with Crippen molar-refractivity contribution in [3.8, 4) is 0 Å². The SMILES string of the molecule is C[C@H]1CC(CO)OC1n1cc(F)c2c(N)ncnc21. The molecule has 0 aromatic carbocycles. The number of hydrogen-bond donors (Lipinski definition) is 2. The van der Waals surface area contributed by atoms with Crippen LogP contribution in [0, 0.1) is 11.7 Å². The molecule has 3 atom stereocenters. The molecule has 0 aliphatic carbocycles. The first-order valence-corrected chi connectivity index (χ1v) is 6.14. The van der Waals surface area contributed by atoms with Crippen LogP contribution in [0.5, 0.6) is 0 Å². The van der Waals surface area contributed by atoms with Crippen LogP contribution in [0.25, 0.3) is 11.0 Å². The zero-order chi connectivity index (χ0) is 13.6. The summed E-state index contributed by atoms with van der Waals surface area (Å²) in [5, 5.41) is 9.37. The Balaban J connectivity index is 2.09. The number of ether oxygens (including phenoxy) is 1. The molecule has 3 heterocycles. The van der Waals surface area contributed by atoms with E-state index in [0.717, 1.165) is 6.42 Å². The number of aliphatic hydroxyl groups is 1. The van der Waals surface area contributed by atoms with Crippen LogP contribution in [0.4, 0.5) is 10.2 Å². The molecule has 0 saturated carbocycles. The lowest BCUT2D eigenvalue weighted by Gasteiger charge is -2.17. The number of aliphatic hydroxyl groups excluding tert-OH is 1. The molecule has 1 aliphatic heterocycles. The highest BCUT2D eigenvalue weighted by Gasteiger charge is 2.34. The molecule has 2 aromatic heterocycles. The lowest BCUT2D eigenvalue weighted by Crippen LogP contribution is -2.15. The van der Waals surface area contributed by atoms with Gasteiger partial charge in [0.2, 0.25) is 0 Å². The normalized spacial score (nSPS) is 27.2. The number of anilines is 1. The van der Waals surface area contributed by atoms with Gasteiger partial charge in [0.25, 0.3) is 0 Å². The van der Waals surface area contributed by atoms with Crippen LogP contribution in [0.1, 0.15) is 19.6 Å². The van der Waals surface area contributed by atoms with Gasteiger partial charge in [-0.05, 0) is 6.42 Å². The second-order valence-corrected chi connectivity index (χ2v) is 4.89. The quantitative estimate of drug-likeness (QED) is 0.849. The third-order valence-electron chi connectivity index (χ3n) is 3.52. The fourth-order valence-electron chi connectivity index (χ4n) is 2.63. The van der Waals surface area contributed by atoms with Crippen molar-refractivity contribution in [2.24, 2.45) is 5.92 Å². The lowest BCUT2D eigenvalue weighted by atomic mass is 10.1. The number of rotatable bonds is 2. The van der Waals surface area contributed by atoms with Crippen molar-refractivity contribution in [1.29, 1.82) is 0 Å². The van der Waals surface area contributed by atoms with Crippen LogP contribution in [0.15, 0.2) is 12.5 Å². The van der Waals surface area contributed by atoms with Crippen molar-refractivity contribution in [3.63, 3.8) is 0 Å². The van der Waals surface area contributed by atoms with Gasteiger partial charge in [0, 0.05) is 12.1 Å². The first kappa shape index (κ1) is 12.3. The first-order valence-electron chi connectivity index (χ1n) is 6.14. The van der Waals surface area contributed by atoms with Gasteiger partial charge in [-0.2, -0.15) is 0 Å². The smallest absolute Gasteiger partial charge is 0.154 e. The summed E-state index contributed by atoms with van der Waals surface area (Å²) in [7, 11) is 0. The number of halogens is 1. The molecule has 1 saturated heterocycles. The number of nitrogens with zero attached hydrogens (tertiary/aromatic N) is 3.